The fourth-order valence-corrected chi connectivity index (χ4v) is 4.27. The number of methoxy groups -OCH3 is 1. The summed E-state index contributed by atoms with van der Waals surface area (Å²) in [5.74, 6) is 2.50. The van der Waals surface area contributed by atoms with Crippen molar-refractivity contribution < 1.29 is 9.47 Å². The quantitative estimate of drug-likeness (QED) is 0.313. The van der Waals surface area contributed by atoms with Crippen molar-refractivity contribution in [1.82, 2.24) is 15.5 Å². The standard InChI is InChI=1S/C22H36N4O2.HI/c1-4-26-13-7-8-18(26)16-25-22(23-2)24-15-17-11-12-20(27-3)21(14-17)28-19-9-5-6-10-19;/h11-12,14,18-19H,4-10,13,15-16H2,1-3H3,(H2,23,24,25);1H. The first-order valence-electron chi connectivity index (χ1n) is 10.8. The molecule has 1 aliphatic carbocycles. The Kier molecular flexibility index (Phi) is 10.3. The highest BCUT2D eigenvalue weighted by molar-refractivity contribution is 14.0. The maximum Gasteiger partial charge on any atom is 0.191 e. The van der Waals surface area contributed by atoms with Crippen LogP contribution < -0.4 is 20.1 Å². The molecule has 0 radical (unpaired) electrons. The van der Waals surface area contributed by atoms with Crippen molar-refractivity contribution in [1.29, 1.82) is 0 Å². The van der Waals surface area contributed by atoms with Crippen molar-refractivity contribution in [2.45, 2.75) is 64.1 Å². The maximum absolute atomic E-state index is 6.21. The van der Waals surface area contributed by atoms with E-state index in [-0.39, 0.29) is 24.0 Å². The van der Waals surface area contributed by atoms with E-state index in [2.05, 4.69) is 39.6 Å². The van der Waals surface area contributed by atoms with Crippen LogP contribution in [0.3, 0.4) is 0 Å². The number of nitrogens with one attached hydrogen (secondary N) is 2. The molecule has 1 aliphatic heterocycles. The smallest absolute Gasteiger partial charge is 0.191 e. The van der Waals surface area contributed by atoms with Crippen molar-refractivity contribution in [2.75, 3.05) is 33.8 Å². The van der Waals surface area contributed by atoms with Gasteiger partial charge >= 0.3 is 0 Å². The number of hydrogen-bond donors (Lipinski definition) is 2. The summed E-state index contributed by atoms with van der Waals surface area (Å²) in [6.45, 7) is 6.21. The van der Waals surface area contributed by atoms with Crippen LogP contribution in [0.4, 0.5) is 0 Å². The first-order chi connectivity index (χ1) is 13.7. The van der Waals surface area contributed by atoms with Gasteiger partial charge in [-0.1, -0.05) is 13.0 Å². The lowest BCUT2D eigenvalue weighted by molar-refractivity contribution is 0.200. The highest BCUT2D eigenvalue weighted by atomic mass is 127. The zero-order valence-electron chi connectivity index (χ0n) is 18.1. The van der Waals surface area contributed by atoms with E-state index in [1.54, 1.807) is 7.11 Å². The molecule has 164 valence electrons. The number of likely N-dealkylation sites (tertiary alicyclic amines) is 1. The zero-order chi connectivity index (χ0) is 19.8. The van der Waals surface area contributed by atoms with Crippen LogP contribution in [0.15, 0.2) is 23.2 Å². The monoisotopic (exact) mass is 516 g/mol. The summed E-state index contributed by atoms with van der Waals surface area (Å²) < 4.78 is 11.7. The molecule has 0 aromatic heterocycles. The highest BCUT2D eigenvalue weighted by Gasteiger charge is 2.23. The van der Waals surface area contributed by atoms with Crippen molar-refractivity contribution >= 4 is 29.9 Å². The van der Waals surface area contributed by atoms with Gasteiger partial charge in [-0.25, -0.2) is 0 Å². The molecule has 2 N–H and O–H groups in total. The first kappa shape index (κ1) is 24.1. The second-order valence-electron chi connectivity index (χ2n) is 7.74. The molecule has 2 aliphatic rings. The maximum atomic E-state index is 6.21. The molecule has 1 saturated carbocycles. The Hall–Kier alpha value is -1.22. The molecule has 6 nitrogen and oxygen atoms in total. The third-order valence-electron chi connectivity index (χ3n) is 5.92. The van der Waals surface area contributed by atoms with Gasteiger partial charge in [-0.15, -0.1) is 24.0 Å². The van der Waals surface area contributed by atoms with Crippen molar-refractivity contribution in [3.63, 3.8) is 0 Å². The van der Waals surface area contributed by atoms with Gasteiger partial charge in [0.05, 0.1) is 13.2 Å². The predicted octanol–water partition coefficient (Wildman–Crippen LogP) is 3.78. The third kappa shape index (κ3) is 6.91. The van der Waals surface area contributed by atoms with Gasteiger partial charge in [0, 0.05) is 26.2 Å². The zero-order valence-corrected chi connectivity index (χ0v) is 20.4. The summed E-state index contributed by atoms with van der Waals surface area (Å²) in [6, 6.07) is 6.77. The molecule has 1 atom stereocenters. The number of ether oxygens (including phenoxy) is 2. The van der Waals surface area contributed by atoms with Crippen LogP contribution in [0.1, 0.15) is 51.0 Å². The van der Waals surface area contributed by atoms with Gasteiger partial charge in [0.15, 0.2) is 17.5 Å². The number of aliphatic imine (C=N–C) groups is 1. The minimum Gasteiger partial charge on any atom is -0.493 e. The number of likely N-dealkylation sites (N-methyl/N-ethyl adjacent to an activating group) is 1. The third-order valence-corrected chi connectivity index (χ3v) is 5.92. The summed E-state index contributed by atoms with van der Waals surface area (Å²) in [7, 11) is 3.52. The topological polar surface area (TPSA) is 58.1 Å². The van der Waals surface area contributed by atoms with E-state index in [1.165, 1.54) is 32.2 Å². The first-order valence-corrected chi connectivity index (χ1v) is 10.8. The lowest BCUT2D eigenvalue weighted by Crippen LogP contribution is -2.44. The highest BCUT2D eigenvalue weighted by Crippen LogP contribution is 2.32. The average molecular weight is 516 g/mol. The Bertz CT molecular complexity index is 650. The predicted molar refractivity (Wildman–Crippen MR) is 130 cm³/mol. The summed E-state index contributed by atoms with van der Waals surface area (Å²) in [4.78, 5) is 6.91. The summed E-state index contributed by atoms with van der Waals surface area (Å²) in [5, 5.41) is 6.91. The lowest BCUT2D eigenvalue weighted by Gasteiger charge is -2.24. The minimum atomic E-state index is 0. The molecule has 29 heavy (non-hydrogen) atoms. The Morgan fingerprint density at radius 3 is 2.62 bits per heavy atom. The van der Waals surface area contributed by atoms with E-state index in [0.717, 1.165) is 49.0 Å². The lowest BCUT2D eigenvalue weighted by atomic mass is 10.2. The van der Waals surface area contributed by atoms with E-state index in [1.807, 2.05) is 13.1 Å². The molecular formula is C22H37IN4O2. The molecule has 1 unspecified atom stereocenters. The van der Waals surface area contributed by atoms with Gasteiger partial charge in [-0.3, -0.25) is 9.89 Å². The second-order valence-corrected chi connectivity index (χ2v) is 7.74. The summed E-state index contributed by atoms with van der Waals surface area (Å²) >= 11 is 0. The Morgan fingerprint density at radius 2 is 1.93 bits per heavy atom. The van der Waals surface area contributed by atoms with Crippen LogP contribution in [0.5, 0.6) is 11.5 Å². The van der Waals surface area contributed by atoms with E-state index >= 15 is 0 Å². The van der Waals surface area contributed by atoms with Crippen LogP contribution in [-0.4, -0.2) is 56.8 Å². The molecule has 2 fully saturated rings. The van der Waals surface area contributed by atoms with Crippen LogP contribution in [0.25, 0.3) is 0 Å². The number of guanidine groups is 1. The number of halogens is 1. The molecule has 1 aromatic rings. The molecule has 7 heteroatoms. The van der Waals surface area contributed by atoms with Crippen molar-refractivity contribution in [2.24, 2.45) is 4.99 Å². The van der Waals surface area contributed by atoms with Gasteiger partial charge in [-0.2, -0.15) is 0 Å². The van der Waals surface area contributed by atoms with Crippen molar-refractivity contribution in [3.8, 4) is 11.5 Å². The summed E-state index contributed by atoms with van der Waals surface area (Å²) in [6.07, 6.45) is 7.66. The van der Waals surface area contributed by atoms with E-state index in [9.17, 15) is 0 Å². The van der Waals surface area contributed by atoms with E-state index < -0.39 is 0 Å². The van der Waals surface area contributed by atoms with Gasteiger partial charge in [0.25, 0.3) is 0 Å². The van der Waals surface area contributed by atoms with E-state index in [0.29, 0.717) is 18.7 Å². The van der Waals surface area contributed by atoms with Crippen LogP contribution in [0.2, 0.25) is 0 Å². The summed E-state index contributed by atoms with van der Waals surface area (Å²) in [5.41, 5.74) is 1.16. The van der Waals surface area contributed by atoms with Crippen molar-refractivity contribution in [3.05, 3.63) is 23.8 Å². The molecule has 0 bridgehead atoms. The Morgan fingerprint density at radius 1 is 1.14 bits per heavy atom. The number of benzene rings is 1. The molecular weight excluding hydrogens is 479 g/mol. The SMILES string of the molecule is CCN1CCCC1CNC(=NC)NCc1ccc(OC)c(OC2CCCC2)c1.I. The van der Waals surface area contributed by atoms with Gasteiger partial charge in [-0.05, 0) is 69.3 Å². The fraction of sp³-hybridized carbons (Fsp3) is 0.682. The average Bonchev–Trinajstić information content (AvgIpc) is 3.40. The molecule has 0 amide bonds. The molecule has 1 heterocycles. The second kappa shape index (κ2) is 12.5. The van der Waals surface area contributed by atoms with Crippen LogP contribution in [0, 0.1) is 0 Å². The molecule has 1 aromatic carbocycles. The number of rotatable bonds is 8. The number of hydrogen-bond acceptors (Lipinski definition) is 4. The van der Waals surface area contributed by atoms with Gasteiger partial charge in [0.1, 0.15) is 0 Å². The minimum absolute atomic E-state index is 0. The normalized spacial score (nSPS) is 20.4. The van der Waals surface area contributed by atoms with Crippen LogP contribution in [-0.2, 0) is 6.54 Å². The van der Waals surface area contributed by atoms with Gasteiger partial charge in [0.2, 0.25) is 0 Å². The number of nitrogens with zero attached hydrogens (tertiary/aromatic N) is 2. The van der Waals surface area contributed by atoms with E-state index in [4.69, 9.17) is 9.47 Å². The molecule has 1 saturated heterocycles. The fourth-order valence-electron chi connectivity index (χ4n) is 4.27. The Labute approximate surface area is 192 Å². The largest absolute Gasteiger partial charge is 0.493 e. The van der Waals surface area contributed by atoms with Crippen LogP contribution >= 0.6 is 24.0 Å². The van der Waals surface area contributed by atoms with Gasteiger partial charge < -0.3 is 20.1 Å². The Balaban J connectivity index is 0.00000300. The molecule has 0 spiro atoms. The molecule has 3 rings (SSSR count).